The molecule has 0 saturated carbocycles. The number of carbonyl (C=O) groups excluding carboxylic acids is 2. The van der Waals surface area contributed by atoms with Gasteiger partial charge in [0.2, 0.25) is 6.79 Å². The van der Waals surface area contributed by atoms with Gasteiger partial charge in [0.15, 0.2) is 23.0 Å². The summed E-state index contributed by atoms with van der Waals surface area (Å²) < 4.78 is 22.0. The number of rotatable bonds is 7. The van der Waals surface area contributed by atoms with Crippen LogP contribution in [0.1, 0.15) is 36.6 Å². The minimum atomic E-state index is -1.01. The molecule has 9 nitrogen and oxygen atoms in total. The van der Waals surface area contributed by atoms with E-state index in [-0.39, 0.29) is 29.6 Å². The van der Waals surface area contributed by atoms with Crippen molar-refractivity contribution >= 4 is 23.1 Å². The third-order valence-electron chi connectivity index (χ3n) is 6.43. The topological polar surface area (TPSA) is 115 Å². The molecule has 1 fully saturated rings. The number of Topliss-reactive ketones (excluding diaryl/α,β-unsaturated/α-hetero) is 1. The number of aromatic hydroxyl groups is 1. The molecule has 2 heterocycles. The highest BCUT2D eigenvalue weighted by Gasteiger charge is 2.47. The van der Waals surface area contributed by atoms with E-state index in [1.54, 1.807) is 55.5 Å². The minimum absolute atomic E-state index is 0.0494. The van der Waals surface area contributed by atoms with Crippen LogP contribution in [0.4, 0.5) is 5.69 Å². The zero-order valence-corrected chi connectivity index (χ0v) is 21.2. The van der Waals surface area contributed by atoms with E-state index < -0.39 is 17.7 Å². The lowest BCUT2D eigenvalue weighted by molar-refractivity contribution is -0.132. The Bertz CT molecular complexity index is 1460. The van der Waals surface area contributed by atoms with E-state index in [9.17, 15) is 19.8 Å². The number of hydrogen-bond acceptors (Lipinski definition) is 8. The number of aryl methyl sites for hydroxylation is 1. The van der Waals surface area contributed by atoms with Gasteiger partial charge in [-0.15, -0.1) is 0 Å². The lowest BCUT2D eigenvalue weighted by Crippen LogP contribution is -2.29. The van der Waals surface area contributed by atoms with Crippen LogP contribution in [0.15, 0.2) is 60.2 Å². The number of hydrogen-bond donors (Lipinski definition) is 2. The monoisotopic (exact) mass is 517 g/mol. The quantitative estimate of drug-likeness (QED) is 0.260. The van der Waals surface area contributed by atoms with Crippen LogP contribution in [0.3, 0.4) is 0 Å². The Labute approximate surface area is 219 Å². The van der Waals surface area contributed by atoms with Crippen LogP contribution in [0.5, 0.6) is 28.7 Å². The summed E-state index contributed by atoms with van der Waals surface area (Å²) in [6.07, 6.45) is 0. The Kier molecular flexibility index (Phi) is 6.59. The fourth-order valence-electron chi connectivity index (χ4n) is 4.69. The summed E-state index contributed by atoms with van der Waals surface area (Å²) in [7, 11) is 0. The van der Waals surface area contributed by atoms with Gasteiger partial charge in [-0.25, -0.2) is 0 Å². The first-order valence-electron chi connectivity index (χ1n) is 12.2. The first-order chi connectivity index (χ1) is 18.3. The van der Waals surface area contributed by atoms with Gasteiger partial charge in [-0.3, -0.25) is 14.5 Å². The summed E-state index contributed by atoms with van der Waals surface area (Å²) in [6, 6.07) is 13.5. The van der Waals surface area contributed by atoms with E-state index in [2.05, 4.69) is 0 Å². The Hall–Kier alpha value is -4.66. The van der Waals surface area contributed by atoms with E-state index in [4.69, 9.17) is 18.9 Å². The van der Waals surface area contributed by atoms with E-state index in [0.29, 0.717) is 47.3 Å². The Balaban J connectivity index is 1.70. The van der Waals surface area contributed by atoms with Crippen molar-refractivity contribution in [2.24, 2.45) is 0 Å². The highest BCUT2D eigenvalue weighted by molar-refractivity contribution is 6.51. The maximum atomic E-state index is 13.5. The number of amides is 1. The van der Waals surface area contributed by atoms with E-state index in [1.165, 1.54) is 11.0 Å². The van der Waals surface area contributed by atoms with Crippen molar-refractivity contribution in [1.29, 1.82) is 0 Å². The zero-order chi connectivity index (χ0) is 27.0. The zero-order valence-electron chi connectivity index (χ0n) is 21.2. The molecular weight excluding hydrogens is 490 g/mol. The van der Waals surface area contributed by atoms with Crippen molar-refractivity contribution in [1.82, 2.24) is 0 Å². The number of benzene rings is 3. The molecule has 1 saturated heterocycles. The molecule has 1 amide bonds. The number of phenolic OH excluding ortho intramolecular Hbond substituents is 1. The molecule has 0 aliphatic carbocycles. The normalized spacial score (nSPS) is 17.7. The van der Waals surface area contributed by atoms with Gasteiger partial charge in [0.05, 0.1) is 24.8 Å². The molecule has 0 radical (unpaired) electrons. The van der Waals surface area contributed by atoms with Crippen LogP contribution in [-0.2, 0) is 9.59 Å². The highest BCUT2D eigenvalue weighted by Crippen LogP contribution is 2.46. The van der Waals surface area contributed by atoms with Gasteiger partial charge in [-0.2, -0.15) is 0 Å². The summed E-state index contributed by atoms with van der Waals surface area (Å²) in [4.78, 5) is 28.3. The first kappa shape index (κ1) is 25.0. The second-order valence-corrected chi connectivity index (χ2v) is 8.78. The maximum absolute atomic E-state index is 13.5. The van der Waals surface area contributed by atoms with Crippen molar-refractivity contribution in [3.05, 3.63) is 76.9 Å². The number of aliphatic hydroxyl groups excluding tert-OH is 1. The van der Waals surface area contributed by atoms with Crippen molar-refractivity contribution in [3.8, 4) is 28.7 Å². The van der Waals surface area contributed by atoms with Crippen LogP contribution >= 0.6 is 0 Å². The third kappa shape index (κ3) is 4.26. The second kappa shape index (κ2) is 10.0. The first-order valence-corrected chi connectivity index (χ1v) is 12.2. The standard InChI is InChI=1S/C29H27NO8/c1-4-35-21-10-7-18(12-16(21)3)27(32)25-26(17-6-9-20(31)23(13-17)36-5-2)30(29(34)28(25)33)19-8-11-22-24(14-19)38-15-37-22/h6-14,26,31-32H,4-5,15H2,1-3H3/b27-25+. The van der Waals surface area contributed by atoms with E-state index >= 15 is 0 Å². The summed E-state index contributed by atoms with van der Waals surface area (Å²) in [6.45, 7) is 6.31. The van der Waals surface area contributed by atoms with Crippen molar-refractivity contribution in [2.45, 2.75) is 26.8 Å². The Morgan fingerprint density at radius 3 is 2.42 bits per heavy atom. The fraction of sp³-hybridized carbons (Fsp3) is 0.241. The van der Waals surface area contributed by atoms with Crippen molar-refractivity contribution < 1.29 is 38.7 Å². The lowest BCUT2D eigenvalue weighted by atomic mass is 9.94. The maximum Gasteiger partial charge on any atom is 0.300 e. The van der Waals surface area contributed by atoms with Gasteiger partial charge in [0.1, 0.15) is 11.5 Å². The molecule has 1 unspecified atom stereocenters. The van der Waals surface area contributed by atoms with Gasteiger partial charge < -0.3 is 29.2 Å². The van der Waals surface area contributed by atoms with Crippen LogP contribution in [0, 0.1) is 6.92 Å². The fourth-order valence-corrected chi connectivity index (χ4v) is 4.69. The smallest absolute Gasteiger partial charge is 0.300 e. The Morgan fingerprint density at radius 1 is 0.947 bits per heavy atom. The average Bonchev–Trinajstić information content (AvgIpc) is 3.48. The molecule has 38 heavy (non-hydrogen) atoms. The molecule has 9 heteroatoms. The largest absolute Gasteiger partial charge is 0.507 e. The number of ether oxygens (including phenoxy) is 4. The summed E-state index contributed by atoms with van der Waals surface area (Å²) in [5.41, 5.74) is 1.88. The van der Waals surface area contributed by atoms with Crippen LogP contribution < -0.4 is 23.8 Å². The molecule has 0 spiro atoms. The molecule has 3 aromatic carbocycles. The van der Waals surface area contributed by atoms with Gasteiger partial charge in [-0.1, -0.05) is 6.07 Å². The van der Waals surface area contributed by atoms with E-state index in [0.717, 1.165) is 5.56 Å². The number of carbonyl (C=O) groups is 2. The number of anilines is 1. The number of phenols is 1. The van der Waals surface area contributed by atoms with Crippen LogP contribution in [-0.4, -0.2) is 41.9 Å². The molecule has 2 aliphatic rings. The summed E-state index contributed by atoms with van der Waals surface area (Å²) in [5, 5.41) is 21.7. The highest BCUT2D eigenvalue weighted by atomic mass is 16.7. The van der Waals surface area contributed by atoms with Crippen LogP contribution in [0.2, 0.25) is 0 Å². The number of ketones is 1. The van der Waals surface area contributed by atoms with Gasteiger partial charge in [0.25, 0.3) is 11.7 Å². The summed E-state index contributed by atoms with van der Waals surface area (Å²) >= 11 is 0. The molecule has 1 atom stereocenters. The average molecular weight is 518 g/mol. The molecule has 2 N–H and O–H groups in total. The molecule has 0 bridgehead atoms. The van der Waals surface area contributed by atoms with Gasteiger partial charge >= 0.3 is 0 Å². The minimum Gasteiger partial charge on any atom is -0.507 e. The predicted octanol–water partition coefficient (Wildman–Crippen LogP) is 4.85. The molecule has 3 aromatic rings. The molecule has 5 rings (SSSR count). The van der Waals surface area contributed by atoms with Crippen molar-refractivity contribution in [3.63, 3.8) is 0 Å². The number of aliphatic hydroxyl groups is 1. The van der Waals surface area contributed by atoms with Crippen LogP contribution in [0.25, 0.3) is 5.76 Å². The third-order valence-corrected chi connectivity index (χ3v) is 6.43. The predicted molar refractivity (Wildman–Crippen MR) is 139 cm³/mol. The van der Waals surface area contributed by atoms with Gasteiger partial charge in [0, 0.05) is 17.3 Å². The lowest BCUT2D eigenvalue weighted by Gasteiger charge is -2.26. The van der Waals surface area contributed by atoms with Crippen molar-refractivity contribution in [2.75, 3.05) is 24.9 Å². The summed E-state index contributed by atoms with van der Waals surface area (Å²) in [5.74, 6) is -0.265. The molecular formula is C29H27NO8. The Morgan fingerprint density at radius 2 is 1.68 bits per heavy atom. The number of nitrogens with zero attached hydrogens (tertiary/aromatic N) is 1. The SMILES string of the molecule is CCOc1ccc(/C(O)=C2\C(=O)C(=O)N(c3ccc4c(c3)OCO4)C2c2ccc(O)c(OCC)c2)cc1C. The number of fused-ring (bicyclic) bond motifs is 1. The van der Waals surface area contributed by atoms with Gasteiger partial charge in [-0.05, 0) is 74.4 Å². The van der Waals surface area contributed by atoms with E-state index in [1.807, 2.05) is 13.8 Å². The molecule has 0 aromatic heterocycles. The second-order valence-electron chi connectivity index (χ2n) is 8.78. The molecule has 196 valence electrons. The molecule has 2 aliphatic heterocycles.